The largest absolute Gasteiger partial charge is 0.475 e. The number of ether oxygens (including phenoxy) is 1. The van der Waals surface area contributed by atoms with E-state index in [1.54, 1.807) is 0 Å². The number of carbonyl (C=O) groups is 1. The molecule has 1 aromatic heterocycles. The second kappa shape index (κ2) is 7.21. The van der Waals surface area contributed by atoms with Crippen molar-refractivity contribution in [1.82, 2.24) is 20.0 Å². The van der Waals surface area contributed by atoms with Crippen LogP contribution < -0.4 is 10.1 Å². The SMILES string of the molecule is COc1nn(CCC(=O)NC2CCN(C)CC2)cc1[N+](=O)[O-]. The Morgan fingerprint density at radius 2 is 2.23 bits per heavy atom. The lowest BCUT2D eigenvalue weighted by Crippen LogP contribution is -2.43. The van der Waals surface area contributed by atoms with Gasteiger partial charge in [-0.25, -0.2) is 0 Å². The maximum atomic E-state index is 11.9. The zero-order valence-electron chi connectivity index (χ0n) is 12.8. The molecule has 1 fully saturated rings. The molecular weight excluding hydrogens is 290 g/mol. The lowest BCUT2D eigenvalue weighted by molar-refractivity contribution is -0.385. The van der Waals surface area contributed by atoms with Crippen LogP contribution in [0.4, 0.5) is 5.69 Å². The number of aromatic nitrogens is 2. The summed E-state index contributed by atoms with van der Waals surface area (Å²) in [6.07, 6.45) is 3.41. The van der Waals surface area contributed by atoms with Crippen molar-refractivity contribution < 1.29 is 14.5 Å². The summed E-state index contributed by atoms with van der Waals surface area (Å²) in [6, 6.07) is 0.213. The zero-order chi connectivity index (χ0) is 16.1. The molecule has 0 bridgehead atoms. The van der Waals surface area contributed by atoms with Crippen molar-refractivity contribution in [3.05, 3.63) is 16.3 Å². The van der Waals surface area contributed by atoms with Crippen molar-refractivity contribution in [2.24, 2.45) is 0 Å². The number of piperidine rings is 1. The van der Waals surface area contributed by atoms with Crippen molar-refractivity contribution in [2.45, 2.75) is 31.8 Å². The Morgan fingerprint density at radius 3 is 2.77 bits per heavy atom. The maximum Gasteiger partial charge on any atom is 0.350 e. The number of amides is 1. The molecule has 2 heterocycles. The lowest BCUT2D eigenvalue weighted by atomic mass is 10.1. The normalized spacial score (nSPS) is 16.5. The predicted octanol–water partition coefficient (Wildman–Crippen LogP) is 0.400. The minimum atomic E-state index is -0.555. The molecule has 0 aromatic carbocycles. The topological polar surface area (TPSA) is 103 Å². The lowest BCUT2D eigenvalue weighted by Gasteiger charge is -2.29. The van der Waals surface area contributed by atoms with Crippen LogP contribution in [0.5, 0.6) is 5.88 Å². The molecule has 1 aromatic rings. The average Bonchev–Trinajstić information content (AvgIpc) is 2.91. The Morgan fingerprint density at radius 1 is 1.55 bits per heavy atom. The molecule has 1 aliphatic rings. The number of methoxy groups -OCH3 is 1. The zero-order valence-corrected chi connectivity index (χ0v) is 12.8. The third kappa shape index (κ3) is 4.17. The van der Waals surface area contributed by atoms with Crippen LogP contribution in [0, 0.1) is 10.1 Å². The number of aryl methyl sites for hydroxylation is 1. The molecule has 0 saturated carbocycles. The first-order valence-corrected chi connectivity index (χ1v) is 7.23. The summed E-state index contributed by atoms with van der Waals surface area (Å²) in [7, 11) is 3.39. The molecule has 0 spiro atoms. The van der Waals surface area contributed by atoms with E-state index < -0.39 is 4.92 Å². The van der Waals surface area contributed by atoms with E-state index in [4.69, 9.17) is 4.74 Å². The van der Waals surface area contributed by atoms with Crippen molar-refractivity contribution in [3.63, 3.8) is 0 Å². The van der Waals surface area contributed by atoms with E-state index in [9.17, 15) is 14.9 Å². The van der Waals surface area contributed by atoms with E-state index in [1.165, 1.54) is 18.0 Å². The number of nitro groups is 1. The summed E-state index contributed by atoms with van der Waals surface area (Å²) < 4.78 is 6.21. The number of hydrogen-bond acceptors (Lipinski definition) is 6. The van der Waals surface area contributed by atoms with Gasteiger partial charge in [0.05, 0.1) is 18.6 Å². The second-order valence-electron chi connectivity index (χ2n) is 5.44. The highest BCUT2D eigenvalue weighted by Gasteiger charge is 2.21. The van der Waals surface area contributed by atoms with Crippen LogP contribution in [0.1, 0.15) is 19.3 Å². The summed E-state index contributed by atoms with van der Waals surface area (Å²) in [5.41, 5.74) is -0.196. The van der Waals surface area contributed by atoms with Gasteiger partial charge in [0, 0.05) is 12.5 Å². The molecule has 1 aliphatic heterocycles. The average molecular weight is 311 g/mol. The Hall–Kier alpha value is -2.16. The van der Waals surface area contributed by atoms with Crippen molar-refractivity contribution >= 4 is 11.6 Å². The van der Waals surface area contributed by atoms with E-state index >= 15 is 0 Å². The van der Waals surface area contributed by atoms with Crippen LogP contribution in [0.2, 0.25) is 0 Å². The van der Waals surface area contributed by atoms with Gasteiger partial charge in [0.2, 0.25) is 5.91 Å². The highest BCUT2D eigenvalue weighted by atomic mass is 16.6. The monoisotopic (exact) mass is 311 g/mol. The maximum absolute atomic E-state index is 11.9. The number of nitrogens with one attached hydrogen (secondary N) is 1. The molecule has 2 rings (SSSR count). The standard InChI is InChI=1S/C13H21N5O4/c1-16-6-3-10(4-7-16)14-12(19)5-8-17-9-11(18(20)21)13(15-17)22-2/h9-10H,3-8H2,1-2H3,(H,14,19). The van der Waals surface area contributed by atoms with E-state index in [0.29, 0.717) is 0 Å². The highest BCUT2D eigenvalue weighted by molar-refractivity contribution is 5.76. The van der Waals surface area contributed by atoms with Gasteiger partial charge in [0.1, 0.15) is 6.20 Å². The number of rotatable bonds is 6. The van der Waals surface area contributed by atoms with Crippen LogP contribution in [-0.2, 0) is 11.3 Å². The molecule has 22 heavy (non-hydrogen) atoms. The molecule has 1 saturated heterocycles. The van der Waals surface area contributed by atoms with Crippen molar-refractivity contribution in [2.75, 3.05) is 27.2 Å². The highest BCUT2D eigenvalue weighted by Crippen LogP contribution is 2.23. The van der Waals surface area contributed by atoms with Crippen LogP contribution in [0.25, 0.3) is 0 Å². The van der Waals surface area contributed by atoms with Gasteiger partial charge in [-0.05, 0) is 33.0 Å². The fourth-order valence-electron chi connectivity index (χ4n) is 2.45. The van der Waals surface area contributed by atoms with Crippen LogP contribution >= 0.6 is 0 Å². The smallest absolute Gasteiger partial charge is 0.350 e. The number of carbonyl (C=O) groups excluding carboxylic acids is 1. The number of hydrogen-bond donors (Lipinski definition) is 1. The molecule has 0 radical (unpaired) electrons. The number of likely N-dealkylation sites (tertiary alicyclic amines) is 1. The van der Waals surface area contributed by atoms with Crippen molar-refractivity contribution in [3.8, 4) is 5.88 Å². The molecule has 1 N–H and O–H groups in total. The fourth-order valence-corrected chi connectivity index (χ4v) is 2.45. The predicted molar refractivity (Wildman–Crippen MR) is 78.7 cm³/mol. The third-order valence-electron chi connectivity index (χ3n) is 3.75. The molecule has 0 atom stereocenters. The van der Waals surface area contributed by atoms with Crippen LogP contribution in [-0.4, -0.2) is 58.8 Å². The molecule has 122 valence electrons. The van der Waals surface area contributed by atoms with Gasteiger partial charge in [-0.15, -0.1) is 5.10 Å². The van der Waals surface area contributed by atoms with Crippen LogP contribution in [0.15, 0.2) is 6.20 Å². The quantitative estimate of drug-likeness (QED) is 0.602. The van der Waals surface area contributed by atoms with Gasteiger partial charge < -0.3 is 15.0 Å². The summed E-state index contributed by atoms with van der Waals surface area (Å²) in [5.74, 6) is -0.104. The first kappa shape index (κ1) is 16.2. The van der Waals surface area contributed by atoms with Gasteiger partial charge in [-0.2, -0.15) is 0 Å². The van der Waals surface area contributed by atoms with E-state index in [-0.39, 0.29) is 36.5 Å². The van der Waals surface area contributed by atoms with Crippen LogP contribution in [0.3, 0.4) is 0 Å². The first-order chi connectivity index (χ1) is 10.5. The summed E-state index contributed by atoms with van der Waals surface area (Å²) in [5, 5.41) is 17.8. The molecule has 9 heteroatoms. The van der Waals surface area contributed by atoms with E-state index in [2.05, 4.69) is 22.4 Å². The minimum Gasteiger partial charge on any atom is -0.475 e. The van der Waals surface area contributed by atoms with Crippen molar-refractivity contribution in [1.29, 1.82) is 0 Å². The van der Waals surface area contributed by atoms with E-state index in [1.807, 2.05) is 0 Å². The first-order valence-electron chi connectivity index (χ1n) is 7.23. The van der Waals surface area contributed by atoms with E-state index in [0.717, 1.165) is 25.9 Å². The molecular formula is C13H21N5O4. The fraction of sp³-hybridized carbons (Fsp3) is 0.692. The molecule has 1 amide bonds. The number of nitrogens with zero attached hydrogens (tertiary/aromatic N) is 4. The second-order valence-corrected chi connectivity index (χ2v) is 5.44. The third-order valence-corrected chi connectivity index (χ3v) is 3.75. The summed E-state index contributed by atoms with van der Waals surface area (Å²) in [6.45, 7) is 2.24. The Balaban J connectivity index is 1.82. The Kier molecular flexibility index (Phi) is 5.31. The molecule has 9 nitrogen and oxygen atoms in total. The van der Waals surface area contributed by atoms with Gasteiger partial charge in [-0.1, -0.05) is 0 Å². The summed E-state index contributed by atoms with van der Waals surface area (Å²) >= 11 is 0. The Bertz CT molecular complexity index is 537. The summed E-state index contributed by atoms with van der Waals surface area (Å²) in [4.78, 5) is 24.4. The van der Waals surface area contributed by atoms with Gasteiger partial charge >= 0.3 is 11.6 Å². The minimum absolute atomic E-state index is 0.0410. The van der Waals surface area contributed by atoms with Gasteiger partial charge in [0.15, 0.2) is 0 Å². The van der Waals surface area contributed by atoms with Gasteiger partial charge in [0.25, 0.3) is 0 Å². The molecule has 0 unspecified atom stereocenters. The Labute approximate surface area is 128 Å². The molecule has 0 aliphatic carbocycles. The van der Waals surface area contributed by atoms with Gasteiger partial charge in [-0.3, -0.25) is 19.6 Å².